The number of hydrogen-bond acceptors (Lipinski definition) is 4. The van der Waals surface area contributed by atoms with Crippen LogP contribution in [0.4, 0.5) is 4.39 Å². The predicted octanol–water partition coefficient (Wildman–Crippen LogP) is 4.72. The summed E-state index contributed by atoms with van der Waals surface area (Å²) >= 11 is 1.24. The third kappa shape index (κ3) is 3.75. The average molecular weight is 340 g/mol. The van der Waals surface area contributed by atoms with Crippen molar-refractivity contribution in [1.82, 2.24) is 0 Å². The van der Waals surface area contributed by atoms with Gasteiger partial charge in [0.25, 0.3) is 0 Å². The Morgan fingerprint density at radius 3 is 2.58 bits per heavy atom. The molecule has 0 amide bonds. The van der Waals surface area contributed by atoms with Gasteiger partial charge in [0.05, 0.1) is 10.4 Å². The maximum Gasteiger partial charge on any atom is 0.338 e. The number of benzene rings is 2. The molecule has 0 unspecified atom stereocenters. The van der Waals surface area contributed by atoms with E-state index in [0.29, 0.717) is 15.3 Å². The van der Waals surface area contributed by atoms with Crippen LogP contribution in [0, 0.1) is 5.82 Å². The number of hydrogen-bond donors (Lipinski definition) is 0. The van der Waals surface area contributed by atoms with Crippen LogP contribution in [0.5, 0.6) is 0 Å². The summed E-state index contributed by atoms with van der Waals surface area (Å²) in [6.45, 7) is 0.125. The van der Waals surface area contributed by atoms with Crippen molar-refractivity contribution < 1.29 is 18.7 Å². The van der Waals surface area contributed by atoms with Crippen molar-refractivity contribution >= 4 is 23.6 Å². The molecule has 0 bridgehead atoms. The summed E-state index contributed by atoms with van der Waals surface area (Å²) in [7, 11) is 0. The van der Waals surface area contributed by atoms with Gasteiger partial charge in [0, 0.05) is 4.88 Å². The van der Waals surface area contributed by atoms with E-state index in [0.717, 1.165) is 17.9 Å². The lowest BCUT2D eigenvalue weighted by atomic mass is 10.1. The van der Waals surface area contributed by atoms with Crippen molar-refractivity contribution in [2.45, 2.75) is 6.61 Å². The lowest BCUT2D eigenvalue weighted by Gasteiger charge is -2.07. The number of carbonyl (C=O) groups excluding carboxylic acids is 2. The Morgan fingerprint density at radius 2 is 1.88 bits per heavy atom. The van der Waals surface area contributed by atoms with Crippen molar-refractivity contribution in [3.05, 3.63) is 82.5 Å². The van der Waals surface area contributed by atoms with Gasteiger partial charge in [-0.2, -0.15) is 0 Å². The second kappa shape index (κ2) is 7.19. The van der Waals surface area contributed by atoms with E-state index < -0.39 is 11.8 Å². The molecule has 1 heterocycles. The lowest BCUT2D eigenvalue weighted by molar-refractivity contribution is 0.0472. The van der Waals surface area contributed by atoms with Crippen molar-refractivity contribution in [1.29, 1.82) is 0 Å². The second-order valence-corrected chi connectivity index (χ2v) is 6.23. The molecule has 0 saturated heterocycles. The zero-order valence-corrected chi connectivity index (χ0v) is 13.4. The monoisotopic (exact) mass is 340 g/mol. The van der Waals surface area contributed by atoms with Gasteiger partial charge in [0.1, 0.15) is 12.4 Å². The van der Waals surface area contributed by atoms with Gasteiger partial charge in [-0.25, -0.2) is 9.18 Å². The molecule has 3 aromatic rings. The standard InChI is InChI=1S/C19H13FO3S/c20-16-9-14(18-7-6-17(11-21)24-18)8-15(10-16)19(22)23-12-13-4-2-1-3-5-13/h1-11H,12H2. The van der Waals surface area contributed by atoms with Crippen molar-refractivity contribution in [2.75, 3.05) is 0 Å². The highest BCUT2D eigenvalue weighted by Gasteiger charge is 2.13. The van der Waals surface area contributed by atoms with Crippen LogP contribution >= 0.6 is 11.3 Å². The van der Waals surface area contributed by atoms with Gasteiger partial charge in [0.2, 0.25) is 0 Å². The number of rotatable bonds is 5. The molecule has 3 nitrogen and oxygen atoms in total. The second-order valence-electron chi connectivity index (χ2n) is 5.11. The molecule has 0 fully saturated rings. The van der Waals surface area contributed by atoms with Crippen LogP contribution in [0.2, 0.25) is 0 Å². The smallest absolute Gasteiger partial charge is 0.338 e. The van der Waals surface area contributed by atoms with Gasteiger partial charge < -0.3 is 4.74 Å². The Hall–Kier alpha value is -2.79. The number of aldehydes is 1. The van der Waals surface area contributed by atoms with Crippen molar-refractivity contribution in [3.63, 3.8) is 0 Å². The highest BCUT2D eigenvalue weighted by Crippen LogP contribution is 2.29. The van der Waals surface area contributed by atoms with E-state index >= 15 is 0 Å². The Balaban J connectivity index is 1.80. The number of carbonyl (C=O) groups is 2. The fourth-order valence-electron chi connectivity index (χ4n) is 2.23. The van der Waals surface area contributed by atoms with Crippen LogP contribution < -0.4 is 0 Å². The first-order chi connectivity index (χ1) is 11.7. The Kier molecular flexibility index (Phi) is 4.82. The Labute approximate surface area is 142 Å². The molecule has 0 N–H and O–H groups in total. The zero-order valence-electron chi connectivity index (χ0n) is 12.6. The van der Waals surface area contributed by atoms with E-state index in [1.54, 1.807) is 18.2 Å². The van der Waals surface area contributed by atoms with Gasteiger partial charge in [0.15, 0.2) is 6.29 Å². The first kappa shape index (κ1) is 16.1. The van der Waals surface area contributed by atoms with Crippen LogP contribution in [0.3, 0.4) is 0 Å². The van der Waals surface area contributed by atoms with E-state index in [1.807, 2.05) is 30.3 Å². The highest BCUT2D eigenvalue weighted by atomic mass is 32.1. The highest BCUT2D eigenvalue weighted by molar-refractivity contribution is 7.17. The maximum atomic E-state index is 13.9. The fraction of sp³-hybridized carbons (Fsp3) is 0.0526. The molecule has 120 valence electrons. The minimum Gasteiger partial charge on any atom is -0.457 e. The van der Waals surface area contributed by atoms with Crippen LogP contribution in [-0.2, 0) is 11.3 Å². The van der Waals surface area contributed by atoms with Crippen LogP contribution in [-0.4, -0.2) is 12.3 Å². The van der Waals surface area contributed by atoms with Gasteiger partial charge in [-0.3, -0.25) is 4.79 Å². The molecule has 3 rings (SSSR count). The molecule has 2 aromatic carbocycles. The van der Waals surface area contributed by atoms with Crippen molar-refractivity contribution in [2.24, 2.45) is 0 Å². The maximum absolute atomic E-state index is 13.9. The lowest BCUT2D eigenvalue weighted by Crippen LogP contribution is -2.06. The summed E-state index contributed by atoms with van der Waals surface area (Å²) in [4.78, 5) is 24.2. The van der Waals surface area contributed by atoms with E-state index in [2.05, 4.69) is 0 Å². The van der Waals surface area contributed by atoms with Crippen LogP contribution in [0.15, 0.2) is 60.7 Å². The minimum absolute atomic E-state index is 0.125. The van der Waals surface area contributed by atoms with E-state index in [-0.39, 0.29) is 12.2 Å². The van der Waals surface area contributed by atoms with Crippen LogP contribution in [0.1, 0.15) is 25.6 Å². The number of ether oxygens (including phenoxy) is 1. The predicted molar refractivity (Wildman–Crippen MR) is 90.7 cm³/mol. The molecule has 1 aromatic heterocycles. The molecule has 0 saturated carbocycles. The largest absolute Gasteiger partial charge is 0.457 e. The average Bonchev–Trinajstić information content (AvgIpc) is 3.09. The SMILES string of the molecule is O=Cc1ccc(-c2cc(F)cc(C(=O)OCc3ccccc3)c2)s1. The fourth-order valence-corrected chi connectivity index (χ4v) is 3.04. The molecule has 24 heavy (non-hydrogen) atoms. The molecular weight excluding hydrogens is 327 g/mol. The molecule has 0 aliphatic heterocycles. The Morgan fingerprint density at radius 1 is 1.08 bits per heavy atom. The van der Waals surface area contributed by atoms with E-state index in [1.165, 1.54) is 17.4 Å². The third-order valence-electron chi connectivity index (χ3n) is 3.37. The molecule has 0 atom stereocenters. The Bertz CT molecular complexity index is 871. The molecule has 5 heteroatoms. The molecular formula is C19H13FO3S. The van der Waals surface area contributed by atoms with Gasteiger partial charge in [-0.15, -0.1) is 11.3 Å². The zero-order chi connectivity index (χ0) is 16.9. The molecule has 0 aliphatic rings. The number of thiophene rings is 1. The topological polar surface area (TPSA) is 43.4 Å². The summed E-state index contributed by atoms with van der Waals surface area (Å²) < 4.78 is 19.1. The first-order valence-electron chi connectivity index (χ1n) is 7.23. The summed E-state index contributed by atoms with van der Waals surface area (Å²) in [6.07, 6.45) is 0.739. The normalized spacial score (nSPS) is 10.4. The first-order valence-corrected chi connectivity index (χ1v) is 8.04. The van der Waals surface area contributed by atoms with Crippen molar-refractivity contribution in [3.8, 4) is 10.4 Å². The number of halogens is 1. The molecule has 0 aliphatic carbocycles. The summed E-state index contributed by atoms with van der Waals surface area (Å²) in [5, 5.41) is 0. The molecule has 0 spiro atoms. The third-order valence-corrected chi connectivity index (χ3v) is 4.43. The minimum atomic E-state index is -0.591. The van der Waals surface area contributed by atoms with Gasteiger partial charge in [-0.1, -0.05) is 30.3 Å². The summed E-state index contributed by atoms with van der Waals surface area (Å²) in [5.74, 6) is -1.12. The van der Waals surface area contributed by atoms with Crippen LogP contribution in [0.25, 0.3) is 10.4 Å². The summed E-state index contributed by atoms with van der Waals surface area (Å²) in [6, 6.07) is 16.7. The van der Waals surface area contributed by atoms with Gasteiger partial charge in [-0.05, 0) is 41.5 Å². The molecule has 0 radical (unpaired) electrons. The van der Waals surface area contributed by atoms with E-state index in [9.17, 15) is 14.0 Å². The quantitative estimate of drug-likeness (QED) is 0.498. The van der Waals surface area contributed by atoms with Gasteiger partial charge >= 0.3 is 5.97 Å². The number of esters is 1. The summed E-state index contributed by atoms with van der Waals surface area (Å²) in [5.41, 5.74) is 1.54. The van der Waals surface area contributed by atoms with E-state index in [4.69, 9.17) is 4.74 Å².